The standard InChI is InChI=1S/2CH4S.Ca/c2*1-2;/h2*2H,1H3;/q;;+2/p-2. The maximum absolute atomic E-state index is 4.08. The second kappa shape index (κ2) is 38.2. The molecule has 0 spiro atoms. The van der Waals surface area contributed by atoms with Gasteiger partial charge in [-0.05, 0) is 0 Å². The predicted molar refractivity (Wildman–Crippen MR) is 32.3 cm³/mol. The van der Waals surface area contributed by atoms with Crippen LogP contribution in [-0.2, 0) is 25.3 Å². The third kappa shape index (κ3) is 24.3. The summed E-state index contributed by atoms with van der Waals surface area (Å²) in [6.45, 7) is 0. The van der Waals surface area contributed by atoms with Gasteiger partial charge in [0, 0.05) is 0 Å². The van der Waals surface area contributed by atoms with Crippen molar-refractivity contribution in [3.63, 3.8) is 0 Å². The van der Waals surface area contributed by atoms with Gasteiger partial charge >= 0.3 is 37.7 Å². The molecule has 0 amide bonds. The van der Waals surface area contributed by atoms with Gasteiger partial charge in [-0.2, -0.15) is 12.5 Å². The normalized spacial score (nSPS) is 2.40. The Balaban J connectivity index is -0.0000000133. The monoisotopic (exact) mass is 134 g/mol. The topological polar surface area (TPSA) is 0 Å². The average molecular weight is 134 g/mol. The van der Waals surface area contributed by atoms with E-state index in [1.165, 1.54) is 0 Å². The summed E-state index contributed by atoms with van der Waals surface area (Å²) >= 11 is 8.17. The zero-order chi connectivity index (χ0) is 4.00. The van der Waals surface area contributed by atoms with Crippen LogP contribution >= 0.6 is 0 Å². The first kappa shape index (κ1) is 15.8. The van der Waals surface area contributed by atoms with Gasteiger partial charge in [0.25, 0.3) is 0 Å². The first-order chi connectivity index (χ1) is 2.00. The van der Waals surface area contributed by atoms with Gasteiger partial charge < -0.3 is 25.3 Å². The predicted octanol–water partition coefficient (Wildman–Crippen LogP) is -0.0546. The third-order valence-electron chi connectivity index (χ3n) is 0. The summed E-state index contributed by atoms with van der Waals surface area (Å²) in [4.78, 5) is 0. The SMILES string of the molecule is C[S-].C[S-].[Ca+2]. The van der Waals surface area contributed by atoms with Crippen LogP contribution in [0.3, 0.4) is 0 Å². The molecule has 0 heterocycles. The van der Waals surface area contributed by atoms with Gasteiger partial charge in [-0.15, -0.1) is 0 Å². The first-order valence-corrected chi connectivity index (χ1v) is 2.45. The molecular formula is C2H6CaS2. The molecule has 3 heteroatoms. The largest absolute Gasteiger partial charge is 2.00 e. The van der Waals surface area contributed by atoms with E-state index in [0.29, 0.717) is 0 Å². The summed E-state index contributed by atoms with van der Waals surface area (Å²) in [6, 6.07) is 0. The fourth-order valence-corrected chi connectivity index (χ4v) is 0. The van der Waals surface area contributed by atoms with E-state index in [1.54, 1.807) is 12.5 Å². The van der Waals surface area contributed by atoms with Crippen LogP contribution in [0.15, 0.2) is 0 Å². The molecule has 5 heavy (non-hydrogen) atoms. The molecule has 0 bridgehead atoms. The smallest absolute Gasteiger partial charge is 0.796 e. The Labute approximate surface area is 74.5 Å². The van der Waals surface area contributed by atoms with Crippen LogP contribution in [0, 0.1) is 0 Å². The van der Waals surface area contributed by atoms with Gasteiger partial charge in [0.2, 0.25) is 0 Å². The summed E-state index contributed by atoms with van der Waals surface area (Å²) in [7, 11) is 0. The van der Waals surface area contributed by atoms with Gasteiger partial charge in [0.15, 0.2) is 0 Å². The average Bonchev–Trinajstić information content (AvgIpc) is 1.50. The summed E-state index contributed by atoms with van der Waals surface area (Å²) in [6.07, 6.45) is 3.17. The van der Waals surface area contributed by atoms with Crippen molar-refractivity contribution in [3.05, 3.63) is 0 Å². The van der Waals surface area contributed by atoms with E-state index >= 15 is 0 Å². The Kier molecular flexibility index (Phi) is 120. The van der Waals surface area contributed by atoms with E-state index in [1.807, 2.05) is 0 Å². The molecule has 0 fully saturated rings. The van der Waals surface area contributed by atoms with Crippen LogP contribution in [0.2, 0.25) is 0 Å². The summed E-state index contributed by atoms with van der Waals surface area (Å²) < 4.78 is 0. The fraction of sp³-hybridized carbons (Fsp3) is 1.00. The van der Waals surface area contributed by atoms with E-state index in [2.05, 4.69) is 25.3 Å². The number of hydrogen-bond donors (Lipinski definition) is 0. The summed E-state index contributed by atoms with van der Waals surface area (Å²) in [5.74, 6) is 0. The van der Waals surface area contributed by atoms with Crippen molar-refractivity contribution in [2.75, 3.05) is 12.5 Å². The zero-order valence-electron chi connectivity index (χ0n) is 3.52. The molecule has 0 atom stereocenters. The van der Waals surface area contributed by atoms with Crippen LogP contribution in [0.4, 0.5) is 0 Å². The van der Waals surface area contributed by atoms with Gasteiger partial charge in [-0.3, -0.25) is 0 Å². The molecule has 0 aliphatic carbocycles. The first-order valence-electron chi connectivity index (χ1n) is 0.816. The minimum Gasteiger partial charge on any atom is -0.796 e. The molecule has 28 valence electrons. The summed E-state index contributed by atoms with van der Waals surface area (Å²) in [5, 5.41) is 0. The molecule has 0 aliphatic rings. The van der Waals surface area contributed by atoms with Gasteiger partial charge in [0.05, 0.1) is 0 Å². The second-order valence-electron chi connectivity index (χ2n) is 0. The molecule has 0 aromatic heterocycles. The van der Waals surface area contributed by atoms with Crippen molar-refractivity contribution in [1.82, 2.24) is 0 Å². The molecular weight excluding hydrogens is 128 g/mol. The van der Waals surface area contributed by atoms with Crippen molar-refractivity contribution in [1.29, 1.82) is 0 Å². The van der Waals surface area contributed by atoms with Crippen molar-refractivity contribution in [2.45, 2.75) is 0 Å². The Morgan fingerprint density at radius 1 is 0.800 bits per heavy atom. The molecule has 0 radical (unpaired) electrons. The maximum Gasteiger partial charge on any atom is 2.00 e. The summed E-state index contributed by atoms with van der Waals surface area (Å²) in [5.41, 5.74) is 0. The molecule has 0 aliphatic heterocycles. The van der Waals surface area contributed by atoms with E-state index in [-0.39, 0.29) is 37.7 Å². The van der Waals surface area contributed by atoms with Gasteiger partial charge in [-0.1, -0.05) is 0 Å². The second-order valence-corrected chi connectivity index (χ2v) is 0. The van der Waals surface area contributed by atoms with Crippen molar-refractivity contribution < 1.29 is 0 Å². The zero-order valence-corrected chi connectivity index (χ0v) is 7.36. The maximum atomic E-state index is 4.08. The Hall–Kier alpha value is 1.96. The van der Waals surface area contributed by atoms with E-state index in [9.17, 15) is 0 Å². The Morgan fingerprint density at radius 3 is 0.800 bits per heavy atom. The number of hydrogen-bond acceptors (Lipinski definition) is 2. The van der Waals surface area contributed by atoms with Crippen molar-refractivity contribution in [3.8, 4) is 0 Å². The quantitative estimate of drug-likeness (QED) is 0.336. The minimum absolute atomic E-state index is 0. The van der Waals surface area contributed by atoms with Crippen LogP contribution in [0.25, 0.3) is 0 Å². The molecule has 0 rings (SSSR count). The van der Waals surface area contributed by atoms with Crippen LogP contribution in [-0.4, -0.2) is 50.2 Å². The molecule has 0 aromatic carbocycles. The molecule has 0 aromatic rings. The Morgan fingerprint density at radius 2 is 0.800 bits per heavy atom. The Bertz CT molecular complexity index is 7.61. The van der Waals surface area contributed by atoms with Gasteiger partial charge in [0.1, 0.15) is 0 Å². The van der Waals surface area contributed by atoms with Crippen molar-refractivity contribution in [2.24, 2.45) is 0 Å². The fourth-order valence-electron chi connectivity index (χ4n) is 0. The minimum atomic E-state index is 0. The van der Waals surface area contributed by atoms with Crippen LogP contribution < -0.4 is 0 Å². The van der Waals surface area contributed by atoms with Gasteiger partial charge in [-0.25, -0.2) is 0 Å². The van der Waals surface area contributed by atoms with Crippen LogP contribution in [0.1, 0.15) is 0 Å². The third-order valence-corrected chi connectivity index (χ3v) is 0. The number of rotatable bonds is 0. The van der Waals surface area contributed by atoms with E-state index < -0.39 is 0 Å². The molecule has 0 N–H and O–H groups in total. The molecule has 0 unspecified atom stereocenters. The van der Waals surface area contributed by atoms with E-state index in [4.69, 9.17) is 0 Å². The molecule has 0 saturated carbocycles. The van der Waals surface area contributed by atoms with E-state index in [0.717, 1.165) is 0 Å². The molecule has 0 saturated heterocycles. The van der Waals surface area contributed by atoms with Crippen molar-refractivity contribution >= 4 is 63.0 Å². The van der Waals surface area contributed by atoms with Crippen LogP contribution in [0.5, 0.6) is 0 Å². The molecule has 0 nitrogen and oxygen atoms in total.